The molecule has 1 fully saturated rings. The maximum atomic E-state index is 12.5. The number of piperazine rings is 1. The molecule has 1 atom stereocenters. The number of nitrogens with two attached hydrogens (primary N) is 1. The Hall–Kier alpha value is -1.50. The standard InChI is InChI=1S/C17H24N4O2.2ClH/c1-17(2,3)14(18)15(22)20-8-10-21(11-9-20)16-19-12-6-4-5-7-13(12)23-16;;/h4-7,14H,8-11,18H2,1-3H3;2*1H/t14-;;/m1../s1. The molecule has 0 unspecified atom stereocenters. The van der Waals surface area contributed by atoms with Crippen LogP contribution in [0.4, 0.5) is 6.01 Å². The lowest BCUT2D eigenvalue weighted by Crippen LogP contribution is -2.56. The minimum Gasteiger partial charge on any atom is -0.423 e. The van der Waals surface area contributed by atoms with Gasteiger partial charge in [-0.15, -0.1) is 24.8 Å². The first kappa shape index (κ1) is 21.5. The predicted molar refractivity (Wildman–Crippen MR) is 105 cm³/mol. The maximum Gasteiger partial charge on any atom is 0.298 e. The van der Waals surface area contributed by atoms with Crippen LogP contribution in [0.5, 0.6) is 0 Å². The minimum atomic E-state index is -0.474. The summed E-state index contributed by atoms with van der Waals surface area (Å²) in [7, 11) is 0. The van der Waals surface area contributed by atoms with Crippen LogP contribution in [0, 0.1) is 5.41 Å². The van der Waals surface area contributed by atoms with Crippen LogP contribution in [0.25, 0.3) is 11.1 Å². The van der Waals surface area contributed by atoms with Gasteiger partial charge in [0.05, 0.1) is 6.04 Å². The Morgan fingerprint density at radius 3 is 2.32 bits per heavy atom. The molecule has 1 aromatic carbocycles. The molecule has 8 heteroatoms. The third-order valence-corrected chi connectivity index (χ3v) is 4.34. The smallest absolute Gasteiger partial charge is 0.298 e. The van der Waals surface area contributed by atoms with Crippen LogP contribution in [0.3, 0.4) is 0 Å². The number of hydrogen-bond donors (Lipinski definition) is 1. The summed E-state index contributed by atoms with van der Waals surface area (Å²) in [6, 6.07) is 7.87. The van der Waals surface area contributed by atoms with Crippen molar-refractivity contribution in [2.45, 2.75) is 26.8 Å². The average Bonchev–Trinajstić information content (AvgIpc) is 2.96. The van der Waals surface area contributed by atoms with E-state index in [1.54, 1.807) is 0 Å². The van der Waals surface area contributed by atoms with E-state index in [9.17, 15) is 4.79 Å². The Kier molecular flexibility index (Phi) is 7.11. The van der Waals surface area contributed by atoms with Crippen LogP contribution >= 0.6 is 24.8 Å². The molecule has 0 aliphatic carbocycles. The second-order valence-electron chi connectivity index (χ2n) is 7.12. The van der Waals surface area contributed by atoms with Crippen molar-refractivity contribution in [3.63, 3.8) is 0 Å². The number of halogens is 2. The summed E-state index contributed by atoms with van der Waals surface area (Å²) in [6.07, 6.45) is 0. The lowest BCUT2D eigenvalue weighted by atomic mass is 9.86. The number of para-hydroxylation sites is 2. The average molecular weight is 389 g/mol. The lowest BCUT2D eigenvalue weighted by Gasteiger charge is -2.37. The number of amides is 1. The van der Waals surface area contributed by atoms with E-state index in [4.69, 9.17) is 10.2 Å². The molecule has 0 saturated carbocycles. The molecule has 0 spiro atoms. The highest BCUT2D eigenvalue weighted by molar-refractivity contribution is 5.85. The molecule has 1 saturated heterocycles. The van der Waals surface area contributed by atoms with Crippen LogP contribution in [0.2, 0.25) is 0 Å². The molecule has 25 heavy (non-hydrogen) atoms. The van der Waals surface area contributed by atoms with E-state index in [2.05, 4.69) is 9.88 Å². The number of carbonyl (C=O) groups is 1. The van der Waals surface area contributed by atoms with Crippen LogP contribution in [0.15, 0.2) is 28.7 Å². The van der Waals surface area contributed by atoms with Gasteiger partial charge in [0.15, 0.2) is 5.58 Å². The van der Waals surface area contributed by atoms with E-state index in [1.165, 1.54) is 0 Å². The van der Waals surface area contributed by atoms with Crippen molar-refractivity contribution < 1.29 is 9.21 Å². The van der Waals surface area contributed by atoms with Gasteiger partial charge in [0, 0.05) is 26.2 Å². The van der Waals surface area contributed by atoms with E-state index in [-0.39, 0.29) is 36.1 Å². The van der Waals surface area contributed by atoms with E-state index < -0.39 is 6.04 Å². The molecule has 2 N–H and O–H groups in total. The quantitative estimate of drug-likeness (QED) is 0.855. The maximum absolute atomic E-state index is 12.5. The second kappa shape index (κ2) is 8.25. The summed E-state index contributed by atoms with van der Waals surface area (Å²) < 4.78 is 5.79. The summed E-state index contributed by atoms with van der Waals surface area (Å²) in [5.74, 6) is 0.0229. The number of benzene rings is 1. The van der Waals surface area contributed by atoms with Crippen molar-refractivity contribution in [1.29, 1.82) is 0 Å². The first-order valence-corrected chi connectivity index (χ1v) is 8.01. The number of anilines is 1. The van der Waals surface area contributed by atoms with Gasteiger partial charge in [-0.3, -0.25) is 4.79 Å². The van der Waals surface area contributed by atoms with Gasteiger partial charge in [-0.1, -0.05) is 32.9 Å². The molecule has 0 bridgehead atoms. The number of carbonyl (C=O) groups excluding carboxylic acids is 1. The third-order valence-electron chi connectivity index (χ3n) is 4.34. The zero-order chi connectivity index (χ0) is 16.6. The molecule has 1 aromatic heterocycles. The fourth-order valence-corrected chi connectivity index (χ4v) is 2.68. The Morgan fingerprint density at radius 1 is 1.16 bits per heavy atom. The van der Waals surface area contributed by atoms with E-state index in [0.29, 0.717) is 32.2 Å². The molecule has 2 aromatic rings. The van der Waals surface area contributed by atoms with Crippen molar-refractivity contribution in [2.75, 3.05) is 31.1 Å². The lowest BCUT2D eigenvalue weighted by molar-refractivity contribution is -0.135. The normalized spacial score (nSPS) is 16.2. The molecule has 2 heterocycles. The second-order valence-corrected chi connectivity index (χ2v) is 7.12. The number of fused-ring (bicyclic) bond motifs is 1. The van der Waals surface area contributed by atoms with Crippen molar-refractivity contribution in [1.82, 2.24) is 9.88 Å². The van der Waals surface area contributed by atoms with Gasteiger partial charge in [0.25, 0.3) is 6.01 Å². The SMILES string of the molecule is CC(C)(C)[C@H](N)C(=O)N1CCN(c2nc3ccccc3o2)CC1.Cl.Cl. The Labute approximate surface area is 160 Å². The summed E-state index contributed by atoms with van der Waals surface area (Å²) >= 11 is 0. The summed E-state index contributed by atoms with van der Waals surface area (Å²) in [4.78, 5) is 20.9. The molecule has 140 valence electrons. The van der Waals surface area contributed by atoms with Gasteiger partial charge < -0.3 is 20.0 Å². The Balaban J connectivity index is 0.00000156. The van der Waals surface area contributed by atoms with Crippen LogP contribution in [-0.2, 0) is 4.79 Å². The van der Waals surface area contributed by atoms with Gasteiger partial charge in [-0.2, -0.15) is 4.98 Å². The van der Waals surface area contributed by atoms with Crippen molar-refractivity contribution >= 4 is 47.8 Å². The molecule has 1 amide bonds. The molecule has 1 aliphatic heterocycles. The number of rotatable bonds is 2. The fourth-order valence-electron chi connectivity index (χ4n) is 2.68. The van der Waals surface area contributed by atoms with Crippen molar-refractivity contribution in [3.8, 4) is 0 Å². The van der Waals surface area contributed by atoms with E-state index in [1.807, 2.05) is 49.9 Å². The molecule has 6 nitrogen and oxygen atoms in total. The number of hydrogen-bond acceptors (Lipinski definition) is 5. The van der Waals surface area contributed by atoms with Crippen LogP contribution in [-0.4, -0.2) is 48.0 Å². The highest BCUT2D eigenvalue weighted by atomic mass is 35.5. The highest BCUT2D eigenvalue weighted by Crippen LogP contribution is 2.24. The number of aromatic nitrogens is 1. The predicted octanol–water partition coefficient (Wildman–Crippen LogP) is 2.69. The number of oxazole rings is 1. The molecule has 0 radical (unpaired) electrons. The zero-order valence-corrected chi connectivity index (χ0v) is 16.4. The zero-order valence-electron chi connectivity index (χ0n) is 14.8. The Bertz CT molecular complexity index is 673. The molecular weight excluding hydrogens is 363 g/mol. The molecule has 1 aliphatic rings. The topological polar surface area (TPSA) is 75.6 Å². The largest absolute Gasteiger partial charge is 0.423 e. The highest BCUT2D eigenvalue weighted by Gasteiger charge is 2.33. The van der Waals surface area contributed by atoms with Crippen molar-refractivity contribution in [2.24, 2.45) is 11.1 Å². The van der Waals surface area contributed by atoms with Gasteiger partial charge in [0.2, 0.25) is 5.91 Å². The van der Waals surface area contributed by atoms with Gasteiger partial charge in [0.1, 0.15) is 5.52 Å². The fraction of sp³-hybridized carbons (Fsp3) is 0.529. The van der Waals surface area contributed by atoms with Crippen LogP contribution < -0.4 is 10.6 Å². The minimum absolute atomic E-state index is 0. The summed E-state index contributed by atoms with van der Waals surface area (Å²) in [6.45, 7) is 8.66. The van der Waals surface area contributed by atoms with Crippen molar-refractivity contribution in [3.05, 3.63) is 24.3 Å². The van der Waals surface area contributed by atoms with E-state index >= 15 is 0 Å². The van der Waals surface area contributed by atoms with Gasteiger partial charge in [-0.05, 0) is 17.5 Å². The van der Waals surface area contributed by atoms with E-state index in [0.717, 1.165) is 11.1 Å². The first-order chi connectivity index (χ1) is 10.9. The number of nitrogens with zero attached hydrogens (tertiary/aromatic N) is 3. The Morgan fingerprint density at radius 2 is 1.76 bits per heavy atom. The summed E-state index contributed by atoms with van der Waals surface area (Å²) in [5.41, 5.74) is 7.50. The molecular formula is C17H26Cl2N4O2. The van der Waals surface area contributed by atoms with Gasteiger partial charge >= 0.3 is 0 Å². The first-order valence-electron chi connectivity index (χ1n) is 8.01. The summed E-state index contributed by atoms with van der Waals surface area (Å²) in [5, 5.41) is 0. The third kappa shape index (κ3) is 4.57. The monoisotopic (exact) mass is 388 g/mol. The molecule has 3 rings (SSSR count). The van der Waals surface area contributed by atoms with Gasteiger partial charge in [-0.25, -0.2) is 0 Å². The van der Waals surface area contributed by atoms with Crippen LogP contribution in [0.1, 0.15) is 20.8 Å².